The lowest BCUT2D eigenvalue weighted by Gasteiger charge is -2.17. The van der Waals surface area contributed by atoms with E-state index in [9.17, 15) is 9.90 Å². The number of carbonyl (C=O) groups excluding carboxylic acids is 1. The molecule has 0 saturated heterocycles. The van der Waals surface area contributed by atoms with Gasteiger partial charge in [-0.05, 0) is 49.3 Å². The first-order valence-electron chi connectivity index (χ1n) is 7.44. The summed E-state index contributed by atoms with van der Waals surface area (Å²) in [6.45, 7) is 4.86. The molecule has 1 rings (SSSR count). The molecule has 1 aromatic rings. The summed E-state index contributed by atoms with van der Waals surface area (Å²) in [5, 5.41) is 12.4. The summed E-state index contributed by atoms with van der Waals surface area (Å²) in [5.74, 6) is 0.141. The molecule has 21 heavy (non-hydrogen) atoms. The van der Waals surface area contributed by atoms with Gasteiger partial charge >= 0.3 is 0 Å². The maximum absolute atomic E-state index is 10.9. The van der Waals surface area contributed by atoms with Crippen LogP contribution >= 0.6 is 0 Å². The van der Waals surface area contributed by atoms with Crippen LogP contribution in [0.4, 0.5) is 0 Å². The van der Waals surface area contributed by atoms with Gasteiger partial charge in [-0.3, -0.25) is 0 Å². The Balaban J connectivity index is 2.79. The van der Waals surface area contributed by atoms with Crippen LogP contribution in [-0.4, -0.2) is 17.9 Å². The van der Waals surface area contributed by atoms with E-state index in [1.165, 1.54) is 0 Å². The van der Waals surface area contributed by atoms with Crippen molar-refractivity contribution in [3.63, 3.8) is 0 Å². The standard InChI is InChI=1S/C17H26N2O2/c1-3-19-11-17(18)7-6-14(8-9-20)15-5-4-13(2)16(10-15)12-21/h4-5,9-11,14,19,21H,3,6-8,12,18H2,1-2H3/b17-11-. The maximum Gasteiger partial charge on any atom is 0.120 e. The topological polar surface area (TPSA) is 75.3 Å². The van der Waals surface area contributed by atoms with E-state index >= 15 is 0 Å². The van der Waals surface area contributed by atoms with Crippen LogP contribution in [0.1, 0.15) is 48.8 Å². The molecule has 1 atom stereocenters. The van der Waals surface area contributed by atoms with E-state index in [1.54, 1.807) is 0 Å². The summed E-state index contributed by atoms with van der Waals surface area (Å²) >= 11 is 0. The van der Waals surface area contributed by atoms with Gasteiger partial charge in [-0.2, -0.15) is 0 Å². The maximum atomic E-state index is 10.9. The number of hydrogen-bond acceptors (Lipinski definition) is 4. The van der Waals surface area contributed by atoms with Crippen molar-refractivity contribution in [2.24, 2.45) is 5.73 Å². The molecular formula is C17H26N2O2. The minimum atomic E-state index is 0.0238. The first-order chi connectivity index (χ1) is 10.1. The van der Waals surface area contributed by atoms with Crippen LogP contribution in [0, 0.1) is 6.92 Å². The van der Waals surface area contributed by atoms with Gasteiger partial charge in [0.05, 0.1) is 6.61 Å². The van der Waals surface area contributed by atoms with Crippen molar-refractivity contribution in [3.8, 4) is 0 Å². The molecule has 4 nitrogen and oxygen atoms in total. The number of aliphatic hydroxyl groups excluding tert-OH is 1. The number of nitrogens with one attached hydrogen (secondary N) is 1. The largest absolute Gasteiger partial charge is 0.401 e. The van der Waals surface area contributed by atoms with E-state index in [4.69, 9.17) is 5.73 Å². The van der Waals surface area contributed by atoms with Crippen LogP contribution in [0.5, 0.6) is 0 Å². The zero-order valence-electron chi connectivity index (χ0n) is 12.9. The van der Waals surface area contributed by atoms with Gasteiger partial charge in [0.15, 0.2) is 0 Å². The molecule has 0 radical (unpaired) electrons. The third-order valence-corrected chi connectivity index (χ3v) is 3.67. The van der Waals surface area contributed by atoms with Gasteiger partial charge in [0.1, 0.15) is 6.29 Å². The van der Waals surface area contributed by atoms with Crippen LogP contribution in [0.25, 0.3) is 0 Å². The van der Waals surface area contributed by atoms with Crippen molar-refractivity contribution in [1.29, 1.82) is 0 Å². The van der Waals surface area contributed by atoms with Gasteiger partial charge in [-0.1, -0.05) is 18.2 Å². The van der Waals surface area contributed by atoms with Gasteiger partial charge in [0.2, 0.25) is 0 Å². The molecule has 4 N–H and O–H groups in total. The second-order valence-electron chi connectivity index (χ2n) is 5.26. The third-order valence-electron chi connectivity index (χ3n) is 3.67. The molecule has 0 aliphatic heterocycles. The number of benzene rings is 1. The molecule has 1 aromatic carbocycles. The summed E-state index contributed by atoms with van der Waals surface area (Å²) in [6, 6.07) is 6.02. The highest BCUT2D eigenvalue weighted by molar-refractivity contribution is 5.52. The number of allylic oxidation sites excluding steroid dienone is 1. The van der Waals surface area contributed by atoms with E-state index in [0.29, 0.717) is 6.42 Å². The van der Waals surface area contributed by atoms with E-state index in [1.807, 2.05) is 38.2 Å². The lowest BCUT2D eigenvalue weighted by Crippen LogP contribution is -2.10. The smallest absolute Gasteiger partial charge is 0.120 e. The zero-order valence-corrected chi connectivity index (χ0v) is 12.9. The first kappa shape index (κ1) is 17.2. The SMILES string of the molecule is CCN/C=C(\N)CCC(CC=O)c1ccc(C)c(CO)c1. The predicted molar refractivity (Wildman–Crippen MR) is 85.7 cm³/mol. The minimum absolute atomic E-state index is 0.0238. The fourth-order valence-corrected chi connectivity index (χ4v) is 2.30. The van der Waals surface area contributed by atoms with Crippen LogP contribution in [0.3, 0.4) is 0 Å². The summed E-state index contributed by atoms with van der Waals surface area (Å²) in [6.07, 6.45) is 4.82. The molecule has 1 unspecified atom stereocenters. The molecule has 0 aliphatic rings. The fourth-order valence-electron chi connectivity index (χ4n) is 2.30. The molecule has 116 valence electrons. The molecule has 0 heterocycles. The molecule has 0 amide bonds. The monoisotopic (exact) mass is 290 g/mol. The van der Waals surface area contributed by atoms with E-state index in [2.05, 4.69) is 5.32 Å². The van der Waals surface area contributed by atoms with Crippen LogP contribution < -0.4 is 11.1 Å². The molecule has 0 aliphatic carbocycles. The Morgan fingerprint density at radius 2 is 2.24 bits per heavy atom. The highest BCUT2D eigenvalue weighted by atomic mass is 16.3. The molecule has 0 fully saturated rings. The molecule has 4 heteroatoms. The van der Waals surface area contributed by atoms with E-state index < -0.39 is 0 Å². The van der Waals surface area contributed by atoms with Gasteiger partial charge in [-0.25, -0.2) is 0 Å². The van der Waals surface area contributed by atoms with Crippen LogP contribution in [-0.2, 0) is 11.4 Å². The Morgan fingerprint density at radius 1 is 1.48 bits per heavy atom. The number of aliphatic hydroxyl groups is 1. The van der Waals surface area contributed by atoms with Crippen molar-refractivity contribution in [2.75, 3.05) is 6.54 Å². The Kier molecular flexibility index (Phi) is 7.54. The van der Waals surface area contributed by atoms with Gasteiger partial charge in [-0.15, -0.1) is 0 Å². The molecule has 0 spiro atoms. The lowest BCUT2D eigenvalue weighted by molar-refractivity contribution is -0.108. The Morgan fingerprint density at radius 3 is 2.86 bits per heavy atom. The second kappa shape index (κ2) is 9.19. The normalized spacial score (nSPS) is 13.0. The van der Waals surface area contributed by atoms with Crippen molar-refractivity contribution >= 4 is 6.29 Å². The quantitative estimate of drug-likeness (QED) is 0.610. The van der Waals surface area contributed by atoms with Crippen molar-refractivity contribution in [3.05, 3.63) is 46.8 Å². The van der Waals surface area contributed by atoms with Gasteiger partial charge in [0.25, 0.3) is 0 Å². The van der Waals surface area contributed by atoms with E-state index in [0.717, 1.165) is 48.1 Å². The fraction of sp³-hybridized carbons (Fsp3) is 0.471. The highest BCUT2D eigenvalue weighted by Gasteiger charge is 2.13. The Labute approximate surface area is 127 Å². The average Bonchev–Trinajstić information content (AvgIpc) is 2.50. The van der Waals surface area contributed by atoms with E-state index in [-0.39, 0.29) is 12.5 Å². The summed E-state index contributed by atoms with van der Waals surface area (Å²) in [5.41, 5.74) is 9.80. The number of hydrogen-bond donors (Lipinski definition) is 3. The van der Waals surface area contributed by atoms with Gasteiger partial charge in [0, 0.05) is 24.9 Å². The number of aryl methyl sites for hydroxylation is 1. The molecule has 0 aromatic heterocycles. The molecule has 0 bridgehead atoms. The third kappa shape index (κ3) is 5.60. The number of aldehydes is 1. The first-order valence-corrected chi connectivity index (χ1v) is 7.44. The lowest BCUT2D eigenvalue weighted by atomic mass is 9.89. The Bertz CT molecular complexity index is 484. The Hall–Kier alpha value is -1.81. The van der Waals surface area contributed by atoms with Crippen LogP contribution in [0.15, 0.2) is 30.1 Å². The van der Waals surface area contributed by atoms with Crippen molar-refractivity contribution < 1.29 is 9.90 Å². The number of rotatable bonds is 9. The summed E-state index contributed by atoms with van der Waals surface area (Å²) in [7, 11) is 0. The molecular weight excluding hydrogens is 264 g/mol. The average molecular weight is 290 g/mol. The van der Waals surface area contributed by atoms with Crippen molar-refractivity contribution in [1.82, 2.24) is 5.32 Å². The zero-order chi connectivity index (χ0) is 15.7. The summed E-state index contributed by atoms with van der Waals surface area (Å²) in [4.78, 5) is 10.9. The van der Waals surface area contributed by atoms with Crippen molar-refractivity contribution in [2.45, 2.75) is 45.6 Å². The number of nitrogens with two attached hydrogens (primary N) is 1. The summed E-state index contributed by atoms with van der Waals surface area (Å²) < 4.78 is 0. The number of carbonyl (C=O) groups is 1. The molecule has 0 saturated carbocycles. The highest BCUT2D eigenvalue weighted by Crippen LogP contribution is 2.27. The minimum Gasteiger partial charge on any atom is -0.401 e. The van der Waals surface area contributed by atoms with Gasteiger partial charge < -0.3 is 21.0 Å². The van der Waals surface area contributed by atoms with Crippen LogP contribution in [0.2, 0.25) is 0 Å². The second-order valence-corrected chi connectivity index (χ2v) is 5.26. The predicted octanol–water partition coefficient (Wildman–Crippen LogP) is 2.35.